The first-order valence-electron chi connectivity index (χ1n) is 6.53. The minimum absolute atomic E-state index is 0.206. The third-order valence-corrected chi connectivity index (χ3v) is 3.42. The molecule has 1 atom stereocenters. The van der Waals surface area contributed by atoms with Crippen LogP contribution in [0.25, 0.3) is 0 Å². The van der Waals surface area contributed by atoms with Crippen LogP contribution >= 0.6 is 12.2 Å². The SMILES string of the molecule is CCOC(=O)C1=CNC(=S)N[C@@H]1c1ccc2c(c1)OCO2. The molecule has 110 valence electrons. The minimum atomic E-state index is -0.386. The van der Waals surface area contributed by atoms with Gasteiger partial charge < -0.3 is 24.8 Å². The molecule has 0 saturated carbocycles. The van der Waals surface area contributed by atoms with E-state index in [1.165, 1.54) is 0 Å². The summed E-state index contributed by atoms with van der Waals surface area (Å²) in [6, 6.07) is 5.13. The molecule has 1 aromatic rings. The van der Waals surface area contributed by atoms with Gasteiger partial charge >= 0.3 is 5.97 Å². The molecule has 0 aliphatic carbocycles. The second kappa shape index (κ2) is 5.61. The molecule has 2 heterocycles. The molecule has 3 rings (SSSR count). The third-order valence-electron chi connectivity index (χ3n) is 3.19. The molecular formula is C14H14N2O4S. The molecule has 2 aliphatic rings. The Morgan fingerprint density at radius 2 is 2.24 bits per heavy atom. The van der Waals surface area contributed by atoms with Gasteiger partial charge in [0.25, 0.3) is 0 Å². The summed E-state index contributed by atoms with van der Waals surface area (Å²) in [5, 5.41) is 6.34. The largest absolute Gasteiger partial charge is 0.463 e. The van der Waals surface area contributed by atoms with Gasteiger partial charge in [-0.3, -0.25) is 0 Å². The van der Waals surface area contributed by atoms with Gasteiger partial charge in [0, 0.05) is 6.20 Å². The van der Waals surface area contributed by atoms with E-state index < -0.39 is 0 Å². The van der Waals surface area contributed by atoms with Crippen molar-refractivity contribution in [1.29, 1.82) is 0 Å². The molecule has 1 aromatic carbocycles. The van der Waals surface area contributed by atoms with Crippen LogP contribution in [-0.2, 0) is 9.53 Å². The molecule has 21 heavy (non-hydrogen) atoms. The number of hydrogen-bond acceptors (Lipinski definition) is 5. The first-order chi connectivity index (χ1) is 10.2. The molecule has 0 fully saturated rings. The van der Waals surface area contributed by atoms with E-state index in [1.54, 1.807) is 13.1 Å². The molecule has 2 N–H and O–H groups in total. The summed E-state index contributed by atoms with van der Waals surface area (Å²) in [6.07, 6.45) is 1.58. The Morgan fingerprint density at radius 1 is 1.43 bits per heavy atom. The number of nitrogens with one attached hydrogen (secondary N) is 2. The number of carbonyl (C=O) groups is 1. The zero-order valence-electron chi connectivity index (χ0n) is 11.3. The number of hydrogen-bond donors (Lipinski definition) is 2. The van der Waals surface area contributed by atoms with Crippen molar-refractivity contribution in [2.24, 2.45) is 0 Å². The Labute approximate surface area is 127 Å². The first kappa shape index (κ1) is 13.7. The highest BCUT2D eigenvalue weighted by Crippen LogP contribution is 2.36. The Kier molecular flexibility index (Phi) is 3.66. The predicted octanol–water partition coefficient (Wildman–Crippen LogP) is 1.38. The molecule has 0 aromatic heterocycles. The Balaban J connectivity index is 1.93. The van der Waals surface area contributed by atoms with Gasteiger partial charge in [0.2, 0.25) is 6.79 Å². The van der Waals surface area contributed by atoms with Gasteiger partial charge in [-0.25, -0.2) is 4.79 Å². The summed E-state index contributed by atoms with van der Waals surface area (Å²) in [6.45, 7) is 2.29. The Bertz CT molecular complexity index is 629. The standard InChI is InChI=1S/C14H14N2O4S/c1-2-18-13(17)9-6-15-14(21)16-12(9)8-3-4-10-11(5-8)20-7-19-10/h3-6,12H,2,7H2,1H3,(H2,15,16,21)/t12-/m1/s1. The van der Waals surface area contributed by atoms with Crippen molar-refractivity contribution in [3.8, 4) is 11.5 Å². The van der Waals surface area contributed by atoms with Crippen LogP contribution in [0.3, 0.4) is 0 Å². The summed E-state index contributed by atoms with van der Waals surface area (Å²) < 4.78 is 15.7. The van der Waals surface area contributed by atoms with Crippen LogP contribution in [0, 0.1) is 0 Å². The van der Waals surface area contributed by atoms with E-state index in [2.05, 4.69) is 10.6 Å². The first-order valence-corrected chi connectivity index (χ1v) is 6.93. The van der Waals surface area contributed by atoms with Gasteiger partial charge in [-0.15, -0.1) is 0 Å². The van der Waals surface area contributed by atoms with Crippen LogP contribution in [0.5, 0.6) is 11.5 Å². The topological polar surface area (TPSA) is 68.8 Å². The second-order valence-corrected chi connectivity index (χ2v) is 4.89. The highest BCUT2D eigenvalue weighted by molar-refractivity contribution is 7.80. The van der Waals surface area contributed by atoms with Gasteiger partial charge in [0.15, 0.2) is 16.6 Å². The van der Waals surface area contributed by atoms with E-state index in [0.717, 1.165) is 5.56 Å². The van der Waals surface area contributed by atoms with Gasteiger partial charge in [-0.1, -0.05) is 6.07 Å². The normalized spacial score (nSPS) is 19.4. The Hall–Kier alpha value is -2.28. The Morgan fingerprint density at radius 3 is 3.05 bits per heavy atom. The van der Waals surface area contributed by atoms with E-state index in [0.29, 0.717) is 28.8 Å². The van der Waals surface area contributed by atoms with Crippen LogP contribution in [0.15, 0.2) is 30.0 Å². The molecular weight excluding hydrogens is 292 g/mol. The number of rotatable bonds is 3. The van der Waals surface area contributed by atoms with Crippen molar-refractivity contribution in [3.63, 3.8) is 0 Å². The van der Waals surface area contributed by atoms with Gasteiger partial charge in [-0.2, -0.15) is 0 Å². The van der Waals surface area contributed by atoms with Crippen LogP contribution < -0.4 is 20.1 Å². The van der Waals surface area contributed by atoms with Gasteiger partial charge in [-0.05, 0) is 36.8 Å². The maximum atomic E-state index is 12.1. The number of thiocarbonyl (C=S) groups is 1. The summed E-state index contributed by atoms with van der Waals surface area (Å²) >= 11 is 5.11. The molecule has 0 amide bonds. The monoisotopic (exact) mass is 306 g/mol. The van der Waals surface area contributed by atoms with Crippen LogP contribution in [0.4, 0.5) is 0 Å². The lowest BCUT2D eigenvalue weighted by atomic mass is 9.98. The molecule has 0 unspecified atom stereocenters. The van der Waals surface area contributed by atoms with Crippen molar-refractivity contribution >= 4 is 23.3 Å². The van der Waals surface area contributed by atoms with Crippen molar-refractivity contribution in [2.75, 3.05) is 13.4 Å². The maximum Gasteiger partial charge on any atom is 0.337 e. The van der Waals surface area contributed by atoms with Crippen molar-refractivity contribution in [2.45, 2.75) is 13.0 Å². The summed E-state index contributed by atoms with van der Waals surface area (Å²) in [4.78, 5) is 12.1. The van der Waals surface area contributed by atoms with Gasteiger partial charge in [0.05, 0.1) is 18.2 Å². The van der Waals surface area contributed by atoms with E-state index in [4.69, 9.17) is 26.4 Å². The number of fused-ring (bicyclic) bond motifs is 1. The molecule has 0 spiro atoms. The van der Waals surface area contributed by atoms with E-state index in [-0.39, 0.29) is 18.8 Å². The lowest BCUT2D eigenvalue weighted by molar-refractivity contribution is -0.138. The molecule has 2 aliphatic heterocycles. The fraction of sp³-hybridized carbons (Fsp3) is 0.286. The zero-order valence-corrected chi connectivity index (χ0v) is 12.2. The number of ether oxygens (including phenoxy) is 3. The summed E-state index contributed by atoms with van der Waals surface area (Å²) in [5.41, 5.74) is 1.31. The van der Waals surface area contributed by atoms with Crippen LogP contribution in [-0.4, -0.2) is 24.5 Å². The lowest BCUT2D eigenvalue weighted by Gasteiger charge is -2.26. The van der Waals surface area contributed by atoms with E-state index in [1.807, 2.05) is 18.2 Å². The van der Waals surface area contributed by atoms with Crippen LogP contribution in [0.1, 0.15) is 18.5 Å². The average molecular weight is 306 g/mol. The van der Waals surface area contributed by atoms with Gasteiger partial charge in [0.1, 0.15) is 0 Å². The van der Waals surface area contributed by atoms with E-state index >= 15 is 0 Å². The third kappa shape index (κ3) is 2.64. The lowest BCUT2D eigenvalue weighted by Crippen LogP contribution is -2.42. The number of benzene rings is 1. The quantitative estimate of drug-likeness (QED) is 0.646. The molecule has 7 heteroatoms. The molecule has 0 radical (unpaired) electrons. The average Bonchev–Trinajstić information content (AvgIpc) is 2.94. The summed E-state index contributed by atoms with van der Waals surface area (Å²) in [7, 11) is 0. The van der Waals surface area contributed by atoms with Crippen molar-refractivity contribution in [3.05, 3.63) is 35.5 Å². The maximum absolute atomic E-state index is 12.1. The van der Waals surface area contributed by atoms with Crippen molar-refractivity contribution in [1.82, 2.24) is 10.6 Å². The minimum Gasteiger partial charge on any atom is -0.463 e. The smallest absolute Gasteiger partial charge is 0.337 e. The number of esters is 1. The fourth-order valence-electron chi connectivity index (χ4n) is 2.22. The summed E-state index contributed by atoms with van der Waals surface area (Å²) in [5.74, 6) is 0.960. The van der Waals surface area contributed by atoms with Crippen LogP contribution in [0.2, 0.25) is 0 Å². The fourth-order valence-corrected chi connectivity index (χ4v) is 2.40. The zero-order chi connectivity index (χ0) is 14.8. The molecule has 0 bridgehead atoms. The second-order valence-electron chi connectivity index (χ2n) is 4.48. The predicted molar refractivity (Wildman–Crippen MR) is 78.9 cm³/mol. The number of carbonyl (C=O) groups excluding carboxylic acids is 1. The van der Waals surface area contributed by atoms with E-state index in [9.17, 15) is 4.79 Å². The highest BCUT2D eigenvalue weighted by Gasteiger charge is 2.29. The van der Waals surface area contributed by atoms with Crippen molar-refractivity contribution < 1.29 is 19.0 Å². The molecule has 0 saturated heterocycles. The highest BCUT2D eigenvalue weighted by atomic mass is 32.1. The molecule has 6 nitrogen and oxygen atoms in total.